The summed E-state index contributed by atoms with van der Waals surface area (Å²) in [5.74, 6) is 0.526. The molecule has 4 nitrogen and oxygen atoms in total. The third-order valence-electron chi connectivity index (χ3n) is 2.71. The Morgan fingerprint density at radius 1 is 1.83 bits per heavy atom. The highest BCUT2D eigenvalue weighted by atomic mass is 16.1. The third-order valence-corrected chi connectivity index (χ3v) is 2.71. The molecule has 0 aromatic heterocycles. The van der Waals surface area contributed by atoms with Crippen molar-refractivity contribution in [3.8, 4) is 6.19 Å². The zero-order valence-electron chi connectivity index (χ0n) is 7.00. The van der Waals surface area contributed by atoms with Gasteiger partial charge in [0.2, 0.25) is 5.91 Å². The number of amides is 1. The first-order valence-corrected chi connectivity index (χ1v) is 4.10. The first-order valence-electron chi connectivity index (χ1n) is 4.10. The van der Waals surface area contributed by atoms with Crippen LogP contribution in [-0.2, 0) is 4.79 Å². The number of carbonyl (C=O) groups is 1. The van der Waals surface area contributed by atoms with Crippen molar-refractivity contribution in [2.75, 3.05) is 13.1 Å². The number of piperidine rings is 1. The van der Waals surface area contributed by atoms with Gasteiger partial charge >= 0.3 is 0 Å². The number of nitrogens with one attached hydrogen (secondary N) is 1. The Kier molecular flexibility index (Phi) is 1.31. The molecule has 1 saturated carbocycles. The molecule has 0 radical (unpaired) electrons. The summed E-state index contributed by atoms with van der Waals surface area (Å²) in [5, 5.41) is 11.5. The maximum Gasteiger partial charge on any atom is 0.217 e. The number of fused-ring (bicyclic) bond motifs is 1. The van der Waals surface area contributed by atoms with Crippen LogP contribution in [0, 0.1) is 17.4 Å². The fourth-order valence-corrected chi connectivity index (χ4v) is 2.10. The molecule has 12 heavy (non-hydrogen) atoms. The van der Waals surface area contributed by atoms with Crippen molar-refractivity contribution in [2.45, 2.75) is 18.9 Å². The first-order chi connectivity index (χ1) is 5.66. The summed E-state index contributed by atoms with van der Waals surface area (Å²) in [7, 11) is 0. The van der Waals surface area contributed by atoms with Gasteiger partial charge in [-0.1, -0.05) is 0 Å². The van der Waals surface area contributed by atoms with E-state index in [0.717, 1.165) is 13.0 Å². The number of carbonyl (C=O) groups excluding carboxylic acids is 1. The lowest BCUT2D eigenvalue weighted by Crippen LogP contribution is -2.40. The van der Waals surface area contributed by atoms with E-state index in [0.29, 0.717) is 12.5 Å². The number of nitrogens with zero attached hydrogens (tertiary/aromatic N) is 2. The fourth-order valence-electron chi connectivity index (χ4n) is 2.10. The first kappa shape index (κ1) is 7.41. The summed E-state index contributed by atoms with van der Waals surface area (Å²) in [6, 6.07) is 0. The standard InChI is InChI=1S/C8H11N3O/c1-6(12)10-8-2-7(8)3-11(4-8)5-9/h7H,2-4H2,1H3,(H,10,12). The van der Waals surface area contributed by atoms with E-state index in [-0.39, 0.29) is 11.4 Å². The molecular weight excluding hydrogens is 154 g/mol. The van der Waals surface area contributed by atoms with Crippen LogP contribution in [0.25, 0.3) is 0 Å². The minimum absolute atomic E-state index is 0.0114. The summed E-state index contributed by atoms with van der Waals surface area (Å²) < 4.78 is 0. The van der Waals surface area contributed by atoms with Crippen LogP contribution in [0.5, 0.6) is 0 Å². The lowest BCUT2D eigenvalue weighted by atomic mass is 10.2. The van der Waals surface area contributed by atoms with Crippen molar-refractivity contribution in [1.82, 2.24) is 10.2 Å². The molecule has 1 amide bonds. The van der Waals surface area contributed by atoms with E-state index in [9.17, 15) is 4.79 Å². The molecule has 0 aromatic carbocycles. The van der Waals surface area contributed by atoms with Gasteiger partial charge in [0.1, 0.15) is 0 Å². The van der Waals surface area contributed by atoms with Gasteiger partial charge in [-0.15, -0.1) is 0 Å². The molecule has 0 aromatic rings. The normalized spacial score (nSPS) is 37.0. The Labute approximate surface area is 71.1 Å². The number of rotatable bonds is 1. The van der Waals surface area contributed by atoms with Gasteiger partial charge in [-0.2, -0.15) is 5.26 Å². The number of hydrogen-bond acceptors (Lipinski definition) is 3. The topological polar surface area (TPSA) is 56.1 Å². The van der Waals surface area contributed by atoms with Gasteiger partial charge in [-0.3, -0.25) is 4.79 Å². The van der Waals surface area contributed by atoms with Gasteiger partial charge < -0.3 is 10.2 Å². The second-order valence-corrected chi connectivity index (χ2v) is 3.72. The number of likely N-dealkylation sites (tertiary alicyclic amines) is 1. The van der Waals surface area contributed by atoms with Crippen molar-refractivity contribution in [1.29, 1.82) is 5.26 Å². The largest absolute Gasteiger partial charge is 0.349 e. The summed E-state index contributed by atoms with van der Waals surface area (Å²) >= 11 is 0. The summed E-state index contributed by atoms with van der Waals surface area (Å²) in [4.78, 5) is 12.5. The van der Waals surface area contributed by atoms with Gasteiger partial charge in [0.25, 0.3) is 0 Å². The number of hydrogen-bond donors (Lipinski definition) is 1. The minimum atomic E-state index is -0.0401. The molecule has 64 valence electrons. The molecule has 4 heteroatoms. The van der Waals surface area contributed by atoms with Crippen molar-refractivity contribution >= 4 is 5.91 Å². The van der Waals surface area contributed by atoms with E-state index in [2.05, 4.69) is 11.5 Å². The average molecular weight is 165 g/mol. The summed E-state index contributed by atoms with van der Waals surface area (Å²) in [5.41, 5.74) is -0.0401. The molecule has 1 N–H and O–H groups in total. The smallest absolute Gasteiger partial charge is 0.217 e. The zero-order chi connectivity index (χ0) is 8.77. The van der Waals surface area contributed by atoms with E-state index in [1.54, 1.807) is 4.90 Å². The lowest BCUT2D eigenvalue weighted by molar-refractivity contribution is -0.119. The predicted molar refractivity (Wildman–Crippen MR) is 41.8 cm³/mol. The Hall–Kier alpha value is -1.24. The van der Waals surface area contributed by atoms with Gasteiger partial charge in [0.05, 0.1) is 12.1 Å². The second-order valence-electron chi connectivity index (χ2n) is 3.72. The van der Waals surface area contributed by atoms with Crippen molar-refractivity contribution in [2.24, 2.45) is 5.92 Å². The van der Waals surface area contributed by atoms with E-state index in [4.69, 9.17) is 5.26 Å². The van der Waals surface area contributed by atoms with E-state index < -0.39 is 0 Å². The minimum Gasteiger partial charge on any atom is -0.349 e. The summed E-state index contributed by atoms with van der Waals surface area (Å²) in [6.07, 6.45) is 3.15. The molecule has 0 bridgehead atoms. The lowest BCUT2D eigenvalue weighted by Gasteiger charge is -2.15. The molecule has 2 atom stereocenters. The van der Waals surface area contributed by atoms with E-state index >= 15 is 0 Å². The molecule has 2 aliphatic rings. The Bertz CT molecular complexity index is 270. The Morgan fingerprint density at radius 3 is 3.08 bits per heavy atom. The van der Waals surface area contributed by atoms with Crippen LogP contribution in [0.3, 0.4) is 0 Å². The van der Waals surface area contributed by atoms with Crippen LogP contribution in [-0.4, -0.2) is 29.4 Å². The molecule has 2 unspecified atom stereocenters. The maximum absolute atomic E-state index is 10.8. The third kappa shape index (κ3) is 0.934. The highest BCUT2D eigenvalue weighted by Gasteiger charge is 2.60. The Morgan fingerprint density at radius 2 is 2.58 bits per heavy atom. The maximum atomic E-state index is 10.8. The van der Waals surface area contributed by atoms with Crippen LogP contribution in [0.2, 0.25) is 0 Å². The molecule has 1 heterocycles. The molecular formula is C8H11N3O. The highest BCUT2D eigenvalue weighted by molar-refractivity contribution is 5.74. The monoisotopic (exact) mass is 165 g/mol. The summed E-state index contributed by atoms with van der Waals surface area (Å²) in [6.45, 7) is 3.05. The van der Waals surface area contributed by atoms with Crippen LogP contribution in [0.4, 0.5) is 0 Å². The second kappa shape index (κ2) is 2.13. The molecule has 2 fully saturated rings. The molecule has 1 aliphatic carbocycles. The van der Waals surface area contributed by atoms with Gasteiger partial charge in [0.15, 0.2) is 6.19 Å². The average Bonchev–Trinajstić information content (AvgIpc) is 2.51. The van der Waals surface area contributed by atoms with Crippen molar-refractivity contribution < 1.29 is 4.79 Å². The van der Waals surface area contributed by atoms with E-state index in [1.165, 1.54) is 6.92 Å². The van der Waals surface area contributed by atoms with Crippen LogP contribution < -0.4 is 5.32 Å². The van der Waals surface area contributed by atoms with Gasteiger partial charge in [-0.25, -0.2) is 0 Å². The van der Waals surface area contributed by atoms with Crippen LogP contribution in [0.15, 0.2) is 0 Å². The quantitative estimate of drug-likeness (QED) is 0.542. The van der Waals surface area contributed by atoms with Gasteiger partial charge in [0, 0.05) is 19.4 Å². The molecule has 2 rings (SSSR count). The fraction of sp³-hybridized carbons (Fsp3) is 0.750. The van der Waals surface area contributed by atoms with E-state index in [1.807, 2.05) is 0 Å². The van der Waals surface area contributed by atoms with Crippen LogP contribution >= 0.6 is 0 Å². The highest BCUT2D eigenvalue weighted by Crippen LogP contribution is 2.49. The molecule has 1 aliphatic heterocycles. The van der Waals surface area contributed by atoms with Crippen LogP contribution in [0.1, 0.15) is 13.3 Å². The SMILES string of the molecule is CC(=O)NC12CC1CN(C#N)C2. The van der Waals surface area contributed by atoms with Gasteiger partial charge in [-0.05, 0) is 6.42 Å². The van der Waals surface area contributed by atoms with Crippen molar-refractivity contribution in [3.05, 3.63) is 0 Å². The predicted octanol–water partition coefficient (Wildman–Crippen LogP) is -0.322. The zero-order valence-corrected chi connectivity index (χ0v) is 7.00. The number of nitriles is 1. The molecule has 1 saturated heterocycles. The van der Waals surface area contributed by atoms with Crippen molar-refractivity contribution in [3.63, 3.8) is 0 Å². The molecule has 0 spiro atoms. The Balaban J connectivity index is 2.00.